The van der Waals surface area contributed by atoms with E-state index >= 15 is 0 Å². The molecule has 2 atom stereocenters. The normalized spacial score (nSPS) is 27.3. The molecule has 4 amide bonds. The third-order valence-corrected chi connectivity index (χ3v) is 9.10. The zero-order valence-electron chi connectivity index (χ0n) is 18.6. The predicted octanol–water partition coefficient (Wildman–Crippen LogP) is 0.625. The molecule has 12 heteroatoms. The van der Waals surface area contributed by atoms with Crippen LogP contribution in [0.2, 0.25) is 0 Å². The van der Waals surface area contributed by atoms with E-state index in [-0.39, 0.29) is 61.1 Å². The fraction of sp³-hybridized carbons (Fsp3) is 0.700. The minimum atomic E-state index is -3.78. The maximum atomic E-state index is 13.1. The average Bonchev–Trinajstić information content (AvgIpc) is 3.22. The molecule has 3 aliphatic rings. The van der Waals surface area contributed by atoms with Crippen molar-refractivity contribution in [3.63, 3.8) is 0 Å². The molecule has 2 aliphatic heterocycles. The van der Waals surface area contributed by atoms with Crippen LogP contribution in [0, 0.1) is 19.8 Å². The van der Waals surface area contributed by atoms with E-state index < -0.39 is 21.6 Å². The van der Waals surface area contributed by atoms with Crippen molar-refractivity contribution in [2.75, 3.05) is 32.7 Å². The molecule has 1 aliphatic carbocycles. The van der Waals surface area contributed by atoms with Gasteiger partial charge in [0.2, 0.25) is 15.9 Å². The first-order chi connectivity index (χ1) is 15.1. The van der Waals surface area contributed by atoms with Crippen LogP contribution < -0.4 is 5.32 Å². The van der Waals surface area contributed by atoms with E-state index in [0.717, 1.165) is 24.2 Å². The van der Waals surface area contributed by atoms with Gasteiger partial charge < -0.3 is 14.7 Å². The Bertz CT molecular complexity index is 1030. The summed E-state index contributed by atoms with van der Waals surface area (Å²) in [7, 11) is -3.78. The third kappa shape index (κ3) is 3.58. The summed E-state index contributed by atoms with van der Waals surface area (Å²) in [5.41, 5.74) is -0.609. The molecule has 11 nitrogen and oxygen atoms in total. The minimum Gasteiger partial charge on any atom is -0.360 e. The second-order valence-corrected chi connectivity index (χ2v) is 10.8. The standard InChI is InChI=1S/C20H29N5O6S/c1-13-6-4-5-7-20(13)18(27)25(19(28)21-20)12-16(26)23-8-10-24(11-9-23)32(29,30)17-14(2)22-31-15(17)3/h13H,4-12H2,1-3H3,(H,21,28)/t13-,20+/m1/s1. The first kappa shape index (κ1) is 22.7. The molecule has 1 aromatic heterocycles. The Hall–Kier alpha value is -2.47. The van der Waals surface area contributed by atoms with Gasteiger partial charge in [0.15, 0.2) is 5.76 Å². The lowest BCUT2D eigenvalue weighted by molar-refractivity contribution is -0.141. The van der Waals surface area contributed by atoms with Gasteiger partial charge in [-0.3, -0.25) is 14.5 Å². The number of imide groups is 1. The van der Waals surface area contributed by atoms with Gasteiger partial charge in [-0.15, -0.1) is 0 Å². The quantitative estimate of drug-likeness (QED) is 0.642. The van der Waals surface area contributed by atoms with Gasteiger partial charge in [0.25, 0.3) is 5.91 Å². The summed E-state index contributed by atoms with van der Waals surface area (Å²) in [5.74, 6) is -0.456. The Kier molecular flexibility index (Phi) is 5.78. The number of piperazine rings is 1. The van der Waals surface area contributed by atoms with Crippen LogP contribution in [0.15, 0.2) is 9.42 Å². The van der Waals surface area contributed by atoms with Crippen LogP contribution in [-0.4, -0.2) is 83.8 Å². The topological polar surface area (TPSA) is 133 Å². The molecule has 1 aromatic rings. The van der Waals surface area contributed by atoms with Crippen molar-refractivity contribution in [3.8, 4) is 0 Å². The number of hydrogen-bond acceptors (Lipinski definition) is 7. The number of rotatable bonds is 4. The number of aromatic nitrogens is 1. The van der Waals surface area contributed by atoms with Gasteiger partial charge in [0.1, 0.15) is 22.7 Å². The molecule has 1 N–H and O–H groups in total. The van der Waals surface area contributed by atoms with E-state index in [1.165, 1.54) is 9.21 Å². The lowest BCUT2D eigenvalue weighted by atomic mass is 9.73. The van der Waals surface area contributed by atoms with Gasteiger partial charge in [-0.05, 0) is 32.6 Å². The van der Waals surface area contributed by atoms with Crippen molar-refractivity contribution in [1.82, 2.24) is 24.6 Å². The van der Waals surface area contributed by atoms with Crippen LogP contribution in [0.1, 0.15) is 44.1 Å². The van der Waals surface area contributed by atoms with Gasteiger partial charge in [0, 0.05) is 26.2 Å². The molecule has 2 saturated heterocycles. The SMILES string of the molecule is Cc1noc(C)c1S(=O)(=O)N1CCN(C(=O)CN2C(=O)N[C@]3(CCCC[C@H]3C)C2=O)CC1. The molecule has 4 rings (SSSR count). The Balaban J connectivity index is 1.39. The molecule has 0 bridgehead atoms. The molecule has 1 spiro atoms. The van der Waals surface area contributed by atoms with E-state index in [9.17, 15) is 22.8 Å². The summed E-state index contributed by atoms with van der Waals surface area (Å²) in [6.07, 6.45) is 3.32. The first-order valence-corrected chi connectivity index (χ1v) is 12.4. The highest BCUT2D eigenvalue weighted by atomic mass is 32.2. The number of hydrogen-bond donors (Lipinski definition) is 1. The van der Waals surface area contributed by atoms with E-state index in [0.29, 0.717) is 12.1 Å². The van der Waals surface area contributed by atoms with Gasteiger partial charge in [-0.2, -0.15) is 4.31 Å². The fourth-order valence-corrected chi connectivity index (χ4v) is 6.74. The number of carbonyl (C=O) groups is 3. The highest BCUT2D eigenvalue weighted by Crippen LogP contribution is 2.38. The van der Waals surface area contributed by atoms with E-state index in [2.05, 4.69) is 10.5 Å². The molecular weight excluding hydrogens is 438 g/mol. The Morgan fingerprint density at radius 3 is 2.47 bits per heavy atom. The van der Waals surface area contributed by atoms with Gasteiger partial charge in [0.05, 0.1) is 0 Å². The summed E-state index contributed by atoms with van der Waals surface area (Å²) in [6.45, 7) is 5.31. The van der Waals surface area contributed by atoms with Crippen molar-refractivity contribution in [1.29, 1.82) is 0 Å². The van der Waals surface area contributed by atoms with Crippen molar-refractivity contribution in [2.45, 2.75) is 56.9 Å². The van der Waals surface area contributed by atoms with Crippen molar-refractivity contribution < 1.29 is 27.3 Å². The predicted molar refractivity (Wildman–Crippen MR) is 112 cm³/mol. The van der Waals surface area contributed by atoms with Crippen LogP contribution in [0.25, 0.3) is 0 Å². The van der Waals surface area contributed by atoms with Crippen molar-refractivity contribution in [3.05, 3.63) is 11.5 Å². The molecule has 0 radical (unpaired) electrons. The maximum absolute atomic E-state index is 13.1. The molecular formula is C20H29N5O6S. The first-order valence-electron chi connectivity index (χ1n) is 10.9. The minimum absolute atomic E-state index is 0.0193. The van der Waals surface area contributed by atoms with E-state index in [1.54, 1.807) is 13.8 Å². The third-order valence-electron chi connectivity index (χ3n) is 6.95. The number of amides is 4. The lowest BCUT2D eigenvalue weighted by Crippen LogP contribution is -2.55. The van der Waals surface area contributed by atoms with E-state index in [1.807, 2.05) is 6.92 Å². The zero-order chi connectivity index (χ0) is 23.3. The smallest absolute Gasteiger partial charge is 0.325 e. The molecule has 3 fully saturated rings. The van der Waals surface area contributed by atoms with Crippen LogP contribution in [0.5, 0.6) is 0 Å². The number of nitrogens with one attached hydrogen (secondary N) is 1. The summed E-state index contributed by atoms with van der Waals surface area (Å²) in [5, 5.41) is 6.56. The van der Waals surface area contributed by atoms with Gasteiger partial charge in [-0.1, -0.05) is 24.9 Å². The van der Waals surface area contributed by atoms with Gasteiger partial charge >= 0.3 is 6.03 Å². The fourth-order valence-electron chi connectivity index (χ4n) is 5.02. The number of urea groups is 1. The summed E-state index contributed by atoms with van der Waals surface area (Å²) in [4.78, 5) is 41.0. The van der Waals surface area contributed by atoms with Crippen LogP contribution in [0.3, 0.4) is 0 Å². The van der Waals surface area contributed by atoms with Gasteiger partial charge in [-0.25, -0.2) is 13.2 Å². The number of aryl methyl sites for hydroxylation is 2. The summed E-state index contributed by atoms with van der Waals surface area (Å²) >= 11 is 0. The molecule has 0 aromatic carbocycles. The Morgan fingerprint density at radius 2 is 1.88 bits per heavy atom. The van der Waals surface area contributed by atoms with Crippen molar-refractivity contribution in [2.24, 2.45) is 5.92 Å². The lowest BCUT2D eigenvalue weighted by Gasteiger charge is -2.37. The number of nitrogens with zero attached hydrogens (tertiary/aromatic N) is 4. The molecule has 176 valence electrons. The highest BCUT2D eigenvalue weighted by molar-refractivity contribution is 7.89. The molecule has 0 unspecified atom stereocenters. The van der Waals surface area contributed by atoms with Crippen molar-refractivity contribution >= 4 is 27.9 Å². The number of sulfonamides is 1. The van der Waals surface area contributed by atoms with Crippen LogP contribution in [0.4, 0.5) is 4.79 Å². The largest absolute Gasteiger partial charge is 0.360 e. The zero-order valence-corrected chi connectivity index (χ0v) is 19.4. The van der Waals surface area contributed by atoms with Crippen LogP contribution in [-0.2, 0) is 19.6 Å². The monoisotopic (exact) mass is 467 g/mol. The second-order valence-electron chi connectivity index (χ2n) is 8.88. The second kappa shape index (κ2) is 8.14. The van der Waals surface area contributed by atoms with E-state index in [4.69, 9.17) is 4.52 Å². The summed E-state index contributed by atoms with van der Waals surface area (Å²) in [6, 6.07) is -0.531. The Labute approximate surface area is 187 Å². The molecule has 1 saturated carbocycles. The maximum Gasteiger partial charge on any atom is 0.325 e. The molecule has 3 heterocycles. The summed E-state index contributed by atoms with van der Waals surface area (Å²) < 4.78 is 32.2. The van der Waals surface area contributed by atoms with Crippen LogP contribution >= 0.6 is 0 Å². The average molecular weight is 468 g/mol. The molecule has 32 heavy (non-hydrogen) atoms. The number of carbonyl (C=O) groups excluding carboxylic acids is 3. The highest BCUT2D eigenvalue weighted by Gasteiger charge is 2.55. The Morgan fingerprint density at radius 1 is 1.19 bits per heavy atom.